The smallest absolute Gasteiger partial charge is 0.306 e. The van der Waals surface area contributed by atoms with Crippen molar-refractivity contribution in [3.05, 3.63) is 146 Å². The fourth-order valence-electron chi connectivity index (χ4n) is 8.36. The molecule has 0 rings (SSSR count). The molecule has 0 bridgehead atoms. The number of unbranched alkanes of at least 4 members (excludes halogenated alkanes) is 21. The molecule has 0 saturated carbocycles. The van der Waals surface area contributed by atoms with Crippen molar-refractivity contribution in [2.75, 3.05) is 13.2 Å². The van der Waals surface area contributed by atoms with Crippen LogP contribution in [0.25, 0.3) is 0 Å². The summed E-state index contributed by atoms with van der Waals surface area (Å²) in [6, 6.07) is 0. The quantitative estimate of drug-likeness (QED) is 0.0261. The highest BCUT2D eigenvalue weighted by Gasteiger charge is 2.19. The van der Waals surface area contributed by atoms with Crippen molar-refractivity contribution >= 4 is 17.9 Å². The largest absolute Gasteiger partial charge is 0.462 e. The maximum Gasteiger partial charge on any atom is 0.306 e. The summed E-state index contributed by atoms with van der Waals surface area (Å²) >= 11 is 0. The molecule has 1 unspecified atom stereocenters. The second-order valence-corrected chi connectivity index (χ2v) is 20.5. The van der Waals surface area contributed by atoms with Crippen LogP contribution in [0.3, 0.4) is 0 Å². The van der Waals surface area contributed by atoms with Crippen molar-refractivity contribution in [2.24, 2.45) is 0 Å². The van der Waals surface area contributed by atoms with E-state index in [1.54, 1.807) is 0 Å². The maximum absolute atomic E-state index is 12.8. The van der Waals surface area contributed by atoms with Gasteiger partial charge in [0.15, 0.2) is 6.10 Å². The van der Waals surface area contributed by atoms with E-state index in [1.165, 1.54) is 96.3 Å². The molecule has 0 spiro atoms. The molecule has 0 aromatic carbocycles. The van der Waals surface area contributed by atoms with E-state index >= 15 is 0 Å². The van der Waals surface area contributed by atoms with Crippen LogP contribution in [-0.2, 0) is 28.6 Å². The molecule has 6 heteroatoms. The lowest BCUT2D eigenvalue weighted by Crippen LogP contribution is -2.30. The van der Waals surface area contributed by atoms with Crippen molar-refractivity contribution in [3.63, 3.8) is 0 Å². The summed E-state index contributed by atoms with van der Waals surface area (Å²) in [5, 5.41) is 0. The molecule has 0 aromatic heterocycles. The first-order valence-electron chi connectivity index (χ1n) is 31.8. The number of hydrogen-bond donors (Lipinski definition) is 0. The maximum atomic E-state index is 12.8. The van der Waals surface area contributed by atoms with Gasteiger partial charge >= 0.3 is 17.9 Å². The van der Waals surface area contributed by atoms with Crippen molar-refractivity contribution in [1.82, 2.24) is 0 Å². The van der Waals surface area contributed by atoms with E-state index in [-0.39, 0.29) is 37.5 Å². The molecule has 0 radical (unpaired) electrons. The molecule has 0 fully saturated rings. The zero-order valence-electron chi connectivity index (χ0n) is 50.4. The van der Waals surface area contributed by atoms with E-state index in [9.17, 15) is 14.4 Å². The van der Waals surface area contributed by atoms with Crippen LogP contribution in [-0.4, -0.2) is 37.2 Å². The first kappa shape index (κ1) is 73.3. The summed E-state index contributed by atoms with van der Waals surface area (Å²) in [5.74, 6) is -1.01. The first-order chi connectivity index (χ1) is 38.5. The van der Waals surface area contributed by atoms with E-state index in [2.05, 4.69) is 161 Å². The van der Waals surface area contributed by atoms with Gasteiger partial charge in [0.1, 0.15) is 13.2 Å². The van der Waals surface area contributed by atoms with Crippen LogP contribution in [0.1, 0.15) is 271 Å². The number of carbonyl (C=O) groups is 3. The van der Waals surface area contributed by atoms with Gasteiger partial charge in [0.2, 0.25) is 0 Å². The zero-order chi connectivity index (χ0) is 56.4. The van der Waals surface area contributed by atoms with E-state index in [4.69, 9.17) is 14.2 Å². The molecule has 0 aromatic rings. The van der Waals surface area contributed by atoms with Gasteiger partial charge in [0.05, 0.1) is 0 Å². The molecule has 0 heterocycles. The van der Waals surface area contributed by atoms with Gasteiger partial charge in [-0.15, -0.1) is 0 Å². The van der Waals surface area contributed by atoms with E-state index < -0.39 is 6.10 Å². The third-order valence-corrected chi connectivity index (χ3v) is 13.1. The van der Waals surface area contributed by atoms with Crippen LogP contribution in [0.5, 0.6) is 0 Å². The molecule has 0 aliphatic heterocycles. The van der Waals surface area contributed by atoms with Gasteiger partial charge < -0.3 is 14.2 Å². The van der Waals surface area contributed by atoms with Crippen LogP contribution < -0.4 is 0 Å². The van der Waals surface area contributed by atoms with Gasteiger partial charge in [-0.1, -0.05) is 276 Å². The predicted molar refractivity (Wildman–Crippen MR) is 339 cm³/mol. The van der Waals surface area contributed by atoms with Crippen molar-refractivity contribution in [1.29, 1.82) is 0 Å². The third kappa shape index (κ3) is 62.1. The Morgan fingerprint density at radius 2 is 0.526 bits per heavy atom. The molecule has 78 heavy (non-hydrogen) atoms. The molecule has 0 aliphatic carbocycles. The molecule has 6 nitrogen and oxygen atoms in total. The van der Waals surface area contributed by atoms with Crippen LogP contribution in [0.4, 0.5) is 0 Å². The van der Waals surface area contributed by atoms with Gasteiger partial charge in [0, 0.05) is 19.3 Å². The minimum atomic E-state index is -0.819. The standard InChI is InChI=1S/C72H116O6/c1-4-7-10-13-16-19-22-25-27-28-29-30-31-32-33-34-35-36-37-38-39-40-41-42-43-44-45-48-50-53-56-59-62-65-71(74)77-68-69(67-76-70(73)64-61-58-55-52-49-46-24-21-18-15-12-9-6-3)78-72(75)66-63-60-57-54-51-47-26-23-20-17-14-11-8-5-2/h7,9-10,12,14,16-19,21,23,25-27,29-30,32-33,35-36,46,49,55,58,69H,4-6,8,11,13,15,20,22,24,28,31,34,37-45,47-48,50-54,56-57,59-68H2,1-3H3/b10-7-,12-9-,17-14-,19-16-,21-18-,26-23-,27-25-,30-29-,33-32-,36-35-,49-46-,58-55-. The minimum Gasteiger partial charge on any atom is -0.462 e. The van der Waals surface area contributed by atoms with Crippen LogP contribution in [0.2, 0.25) is 0 Å². The lowest BCUT2D eigenvalue weighted by Gasteiger charge is -2.18. The molecule has 0 saturated heterocycles. The second kappa shape index (κ2) is 64.8. The van der Waals surface area contributed by atoms with E-state index in [1.807, 2.05) is 6.08 Å². The summed E-state index contributed by atoms with van der Waals surface area (Å²) < 4.78 is 16.8. The van der Waals surface area contributed by atoms with Crippen LogP contribution in [0.15, 0.2) is 146 Å². The Balaban J connectivity index is 4.23. The number of allylic oxidation sites excluding steroid dienone is 24. The molecular formula is C72H116O6. The van der Waals surface area contributed by atoms with Gasteiger partial charge in [-0.3, -0.25) is 14.4 Å². The lowest BCUT2D eigenvalue weighted by atomic mass is 10.0. The molecule has 440 valence electrons. The highest BCUT2D eigenvalue weighted by Crippen LogP contribution is 2.15. The van der Waals surface area contributed by atoms with Crippen molar-refractivity contribution in [2.45, 2.75) is 277 Å². The van der Waals surface area contributed by atoms with Gasteiger partial charge in [-0.05, 0) is 122 Å². The van der Waals surface area contributed by atoms with E-state index in [0.717, 1.165) is 128 Å². The Morgan fingerprint density at radius 1 is 0.269 bits per heavy atom. The van der Waals surface area contributed by atoms with Crippen LogP contribution >= 0.6 is 0 Å². The Bertz CT molecular complexity index is 1710. The molecule has 0 N–H and O–H groups in total. The van der Waals surface area contributed by atoms with Gasteiger partial charge in [0.25, 0.3) is 0 Å². The fourth-order valence-corrected chi connectivity index (χ4v) is 8.36. The fraction of sp³-hybridized carbons (Fsp3) is 0.625. The summed E-state index contributed by atoms with van der Waals surface area (Å²) in [7, 11) is 0. The monoisotopic (exact) mass is 1080 g/mol. The average Bonchev–Trinajstić information content (AvgIpc) is 3.44. The highest BCUT2D eigenvalue weighted by molar-refractivity contribution is 5.71. The number of rotatable bonds is 56. The number of ether oxygens (including phenoxy) is 3. The van der Waals surface area contributed by atoms with Crippen LogP contribution in [0, 0.1) is 0 Å². The second-order valence-electron chi connectivity index (χ2n) is 20.5. The summed E-state index contributed by atoms with van der Waals surface area (Å²) in [4.78, 5) is 38.2. The Labute approximate surface area is 480 Å². The van der Waals surface area contributed by atoms with Gasteiger partial charge in [-0.25, -0.2) is 0 Å². The zero-order valence-corrected chi connectivity index (χ0v) is 50.4. The Kier molecular flexibility index (Phi) is 60.9. The topological polar surface area (TPSA) is 78.9 Å². The summed E-state index contributed by atoms with van der Waals surface area (Å²) in [6.45, 7) is 6.29. The average molecular weight is 1080 g/mol. The van der Waals surface area contributed by atoms with Crippen molar-refractivity contribution < 1.29 is 28.6 Å². The number of carbonyl (C=O) groups excluding carboxylic acids is 3. The third-order valence-electron chi connectivity index (χ3n) is 13.1. The molecule has 1 atom stereocenters. The highest BCUT2D eigenvalue weighted by atomic mass is 16.6. The SMILES string of the molecule is CC/C=C\C/C=C\C/C=C\C/C=C\C/C=C\C/C=C\CCCCCCCCCCCCCCCCC(=O)OCC(COC(=O)CC/C=C\C/C=C\C/C=C\C/C=C\CC)OC(=O)CCCCCCC/C=C\C/C=C\CCCC. The molecule has 0 amide bonds. The Morgan fingerprint density at radius 3 is 0.859 bits per heavy atom. The van der Waals surface area contributed by atoms with Gasteiger partial charge in [-0.2, -0.15) is 0 Å². The normalized spacial score (nSPS) is 13.1. The summed E-state index contributed by atoms with van der Waals surface area (Å²) in [6.07, 6.45) is 93.1. The molecule has 0 aliphatic rings. The molecular weight excluding hydrogens is 961 g/mol. The minimum absolute atomic E-state index is 0.109. The first-order valence-corrected chi connectivity index (χ1v) is 31.8. The number of hydrogen-bond acceptors (Lipinski definition) is 6. The number of esters is 3. The predicted octanol–water partition coefficient (Wildman–Crippen LogP) is 21.9. The lowest BCUT2D eigenvalue weighted by molar-refractivity contribution is -0.166. The Hall–Kier alpha value is -4.71. The van der Waals surface area contributed by atoms with Crippen molar-refractivity contribution in [3.8, 4) is 0 Å². The van der Waals surface area contributed by atoms with E-state index in [0.29, 0.717) is 19.3 Å². The summed E-state index contributed by atoms with van der Waals surface area (Å²) in [5.41, 5.74) is 0.